The normalized spacial score (nSPS) is 21.7. The van der Waals surface area contributed by atoms with Gasteiger partial charge in [0, 0.05) is 24.5 Å². The van der Waals surface area contributed by atoms with Crippen molar-refractivity contribution in [2.75, 3.05) is 30.3 Å². The summed E-state index contributed by atoms with van der Waals surface area (Å²) < 4.78 is 5.53. The summed E-state index contributed by atoms with van der Waals surface area (Å²) in [5.41, 5.74) is 9.18. The predicted octanol–water partition coefficient (Wildman–Crippen LogP) is 1.80. The van der Waals surface area contributed by atoms with Crippen LogP contribution in [0, 0.1) is 6.92 Å². The van der Waals surface area contributed by atoms with Crippen LogP contribution in [0.15, 0.2) is 18.2 Å². The summed E-state index contributed by atoms with van der Waals surface area (Å²) in [5.74, 6) is 0. The minimum Gasteiger partial charge on any atom is -0.398 e. The molecular weight excluding hydrogens is 188 g/mol. The third kappa shape index (κ3) is 2.07. The summed E-state index contributed by atoms with van der Waals surface area (Å²) in [4.78, 5) is 2.35. The summed E-state index contributed by atoms with van der Waals surface area (Å²) in [7, 11) is 0. The van der Waals surface area contributed by atoms with Gasteiger partial charge in [0.05, 0.1) is 12.7 Å². The summed E-state index contributed by atoms with van der Waals surface area (Å²) in [6.07, 6.45) is 0.305. The molecule has 0 aliphatic carbocycles. The lowest BCUT2D eigenvalue weighted by Crippen LogP contribution is -2.41. The molecule has 1 unspecified atom stereocenters. The Kier molecular flexibility index (Phi) is 2.82. The van der Waals surface area contributed by atoms with E-state index in [1.54, 1.807) is 0 Å². The SMILES string of the molecule is Cc1c(N)cccc1N1CCOC(C)C1. The van der Waals surface area contributed by atoms with Crippen molar-refractivity contribution in [2.45, 2.75) is 20.0 Å². The van der Waals surface area contributed by atoms with E-state index in [0.717, 1.165) is 25.4 Å². The van der Waals surface area contributed by atoms with Gasteiger partial charge in [-0.25, -0.2) is 0 Å². The maximum Gasteiger partial charge on any atom is 0.0722 e. The van der Waals surface area contributed by atoms with Crippen molar-refractivity contribution in [3.05, 3.63) is 23.8 Å². The molecule has 2 rings (SSSR count). The lowest BCUT2D eigenvalue weighted by atomic mass is 10.1. The number of nitrogen functional groups attached to an aromatic ring is 1. The Morgan fingerprint density at radius 3 is 3.00 bits per heavy atom. The standard InChI is InChI=1S/C12H18N2O/c1-9-8-14(6-7-15-9)12-5-3-4-11(13)10(12)2/h3-5,9H,6-8,13H2,1-2H3. The van der Waals surface area contributed by atoms with Crippen LogP contribution in [0.25, 0.3) is 0 Å². The molecular formula is C12H18N2O. The Morgan fingerprint density at radius 1 is 1.47 bits per heavy atom. The first-order valence-corrected chi connectivity index (χ1v) is 5.40. The van der Waals surface area contributed by atoms with Gasteiger partial charge in [-0.3, -0.25) is 0 Å². The zero-order valence-corrected chi connectivity index (χ0v) is 9.36. The molecule has 1 heterocycles. The third-order valence-corrected chi connectivity index (χ3v) is 2.93. The molecule has 3 heteroatoms. The quantitative estimate of drug-likeness (QED) is 0.712. The van der Waals surface area contributed by atoms with Crippen LogP contribution in [0.2, 0.25) is 0 Å². The molecule has 0 spiro atoms. The highest BCUT2D eigenvalue weighted by Gasteiger charge is 2.18. The van der Waals surface area contributed by atoms with E-state index in [-0.39, 0.29) is 0 Å². The zero-order chi connectivity index (χ0) is 10.8. The number of hydrogen-bond donors (Lipinski definition) is 1. The van der Waals surface area contributed by atoms with Crippen LogP contribution >= 0.6 is 0 Å². The van der Waals surface area contributed by atoms with E-state index < -0.39 is 0 Å². The molecule has 1 atom stereocenters. The topological polar surface area (TPSA) is 38.5 Å². The van der Waals surface area contributed by atoms with Crippen LogP contribution in [0.4, 0.5) is 11.4 Å². The Labute approximate surface area is 90.8 Å². The molecule has 1 aliphatic heterocycles. The second-order valence-corrected chi connectivity index (χ2v) is 4.12. The van der Waals surface area contributed by atoms with Gasteiger partial charge >= 0.3 is 0 Å². The summed E-state index contributed by atoms with van der Waals surface area (Å²) in [6, 6.07) is 6.09. The van der Waals surface area contributed by atoms with Crippen molar-refractivity contribution >= 4 is 11.4 Å². The number of anilines is 2. The van der Waals surface area contributed by atoms with E-state index in [1.165, 1.54) is 11.3 Å². The molecule has 0 amide bonds. The number of benzene rings is 1. The second-order valence-electron chi connectivity index (χ2n) is 4.12. The average Bonchev–Trinajstić information content (AvgIpc) is 2.22. The fraction of sp³-hybridized carbons (Fsp3) is 0.500. The van der Waals surface area contributed by atoms with E-state index in [9.17, 15) is 0 Å². The van der Waals surface area contributed by atoms with E-state index in [1.807, 2.05) is 12.1 Å². The molecule has 1 aliphatic rings. The van der Waals surface area contributed by atoms with Crippen LogP contribution in [0.3, 0.4) is 0 Å². The van der Waals surface area contributed by atoms with Gasteiger partial charge in [-0.1, -0.05) is 6.07 Å². The van der Waals surface area contributed by atoms with Crippen LogP contribution < -0.4 is 10.6 Å². The maximum atomic E-state index is 5.90. The molecule has 0 saturated carbocycles. The molecule has 0 radical (unpaired) electrons. The minimum atomic E-state index is 0.305. The highest BCUT2D eigenvalue weighted by molar-refractivity contribution is 5.64. The van der Waals surface area contributed by atoms with Gasteiger partial charge in [0.2, 0.25) is 0 Å². The monoisotopic (exact) mass is 206 g/mol. The van der Waals surface area contributed by atoms with Crippen molar-refractivity contribution in [1.82, 2.24) is 0 Å². The Balaban J connectivity index is 2.24. The van der Waals surface area contributed by atoms with Gasteiger partial charge in [-0.2, -0.15) is 0 Å². The van der Waals surface area contributed by atoms with Crippen LogP contribution in [-0.4, -0.2) is 25.8 Å². The first-order chi connectivity index (χ1) is 7.18. The van der Waals surface area contributed by atoms with Crippen molar-refractivity contribution in [2.24, 2.45) is 0 Å². The van der Waals surface area contributed by atoms with E-state index in [4.69, 9.17) is 10.5 Å². The van der Waals surface area contributed by atoms with E-state index in [0.29, 0.717) is 6.10 Å². The summed E-state index contributed by atoms with van der Waals surface area (Å²) in [6.45, 7) is 6.88. The number of hydrogen-bond acceptors (Lipinski definition) is 3. The van der Waals surface area contributed by atoms with Gasteiger partial charge in [0.1, 0.15) is 0 Å². The average molecular weight is 206 g/mol. The highest BCUT2D eigenvalue weighted by atomic mass is 16.5. The van der Waals surface area contributed by atoms with Gasteiger partial charge in [0.15, 0.2) is 0 Å². The lowest BCUT2D eigenvalue weighted by molar-refractivity contribution is 0.0532. The number of ether oxygens (including phenoxy) is 1. The van der Waals surface area contributed by atoms with Gasteiger partial charge < -0.3 is 15.4 Å². The van der Waals surface area contributed by atoms with Crippen LogP contribution in [0.5, 0.6) is 0 Å². The van der Waals surface area contributed by atoms with E-state index in [2.05, 4.69) is 24.8 Å². The van der Waals surface area contributed by atoms with E-state index >= 15 is 0 Å². The Hall–Kier alpha value is -1.22. The minimum absolute atomic E-state index is 0.305. The van der Waals surface area contributed by atoms with Crippen molar-refractivity contribution in [3.8, 4) is 0 Å². The Bertz CT molecular complexity index is 351. The molecule has 1 saturated heterocycles. The van der Waals surface area contributed by atoms with Gasteiger partial charge in [0.25, 0.3) is 0 Å². The lowest BCUT2D eigenvalue weighted by Gasteiger charge is -2.34. The third-order valence-electron chi connectivity index (χ3n) is 2.93. The largest absolute Gasteiger partial charge is 0.398 e. The number of nitrogens with two attached hydrogens (primary N) is 1. The van der Waals surface area contributed by atoms with Crippen molar-refractivity contribution in [3.63, 3.8) is 0 Å². The van der Waals surface area contributed by atoms with Gasteiger partial charge in [-0.05, 0) is 31.5 Å². The predicted molar refractivity (Wildman–Crippen MR) is 63.2 cm³/mol. The fourth-order valence-electron chi connectivity index (χ4n) is 2.02. The molecule has 0 aromatic heterocycles. The molecule has 2 N–H and O–H groups in total. The molecule has 1 aromatic carbocycles. The Morgan fingerprint density at radius 2 is 2.27 bits per heavy atom. The first-order valence-electron chi connectivity index (χ1n) is 5.40. The smallest absolute Gasteiger partial charge is 0.0722 e. The van der Waals surface area contributed by atoms with Crippen LogP contribution in [-0.2, 0) is 4.74 Å². The second kappa shape index (κ2) is 4.11. The molecule has 0 bridgehead atoms. The molecule has 15 heavy (non-hydrogen) atoms. The number of morpholine rings is 1. The van der Waals surface area contributed by atoms with Gasteiger partial charge in [-0.15, -0.1) is 0 Å². The molecule has 1 aromatic rings. The van der Waals surface area contributed by atoms with Crippen molar-refractivity contribution < 1.29 is 4.74 Å². The van der Waals surface area contributed by atoms with Crippen LogP contribution in [0.1, 0.15) is 12.5 Å². The van der Waals surface area contributed by atoms with Crippen molar-refractivity contribution in [1.29, 1.82) is 0 Å². The molecule has 3 nitrogen and oxygen atoms in total. The summed E-state index contributed by atoms with van der Waals surface area (Å²) >= 11 is 0. The summed E-state index contributed by atoms with van der Waals surface area (Å²) in [5, 5.41) is 0. The first kappa shape index (κ1) is 10.3. The molecule has 1 fully saturated rings. The zero-order valence-electron chi connectivity index (χ0n) is 9.36. The fourth-order valence-corrected chi connectivity index (χ4v) is 2.02. The molecule has 82 valence electrons. The maximum absolute atomic E-state index is 5.90. The highest BCUT2D eigenvalue weighted by Crippen LogP contribution is 2.26. The number of nitrogens with zero attached hydrogens (tertiary/aromatic N) is 1. The number of rotatable bonds is 1.